The van der Waals surface area contributed by atoms with E-state index in [9.17, 15) is 4.79 Å². The van der Waals surface area contributed by atoms with Crippen LogP contribution in [0.15, 0.2) is 29.8 Å². The van der Waals surface area contributed by atoms with E-state index in [0.29, 0.717) is 11.5 Å². The van der Waals surface area contributed by atoms with Crippen LogP contribution in [0, 0.1) is 12.8 Å². The molecule has 3 heterocycles. The van der Waals surface area contributed by atoms with Gasteiger partial charge in [0.1, 0.15) is 5.01 Å². The summed E-state index contributed by atoms with van der Waals surface area (Å²) in [4.78, 5) is 25.2. The molecule has 0 unspecified atom stereocenters. The molecular weight excluding hydrogens is 380 g/mol. The van der Waals surface area contributed by atoms with Crippen molar-refractivity contribution < 1.29 is 4.79 Å². The Hall–Kier alpha value is -2.47. The van der Waals surface area contributed by atoms with E-state index in [4.69, 9.17) is 4.98 Å². The lowest BCUT2D eigenvalue weighted by Gasteiger charge is -2.21. The number of aromatic amines is 1. The Bertz CT molecular complexity index is 984. The molecule has 5 nitrogen and oxygen atoms in total. The van der Waals surface area contributed by atoms with Crippen LogP contribution in [0.25, 0.3) is 22.0 Å². The van der Waals surface area contributed by atoms with Crippen LogP contribution in [0.2, 0.25) is 0 Å². The monoisotopic (exact) mass is 408 g/mol. The van der Waals surface area contributed by atoms with Crippen LogP contribution in [-0.2, 0) is 6.42 Å². The van der Waals surface area contributed by atoms with Gasteiger partial charge in [-0.1, -0.05) is 26.2 Å². The maximum atomic E-state index is 12.7. The molecule has 3 aromatic heterocycles. The Morgan fingerprint density at radius 2 is 2.10 bits per heavy atom. The molecule has 1 aliphatic carbocycles. The second-order valence-electron chi connectivity index (χ2n) is 7.86. The molecule has 0 aromatic carbocycles. The van der Waals surface area contributed by atoms with Crippen LogP contribution >= 0.6 is 11.3 Å². The highest BCUT2D eigenvalue weighted by Gasteiger charge is 2.18. The summed E-state index contributed by atoms with van der Waals surface area (Å²) in [5, 5.41) is 6.14. The summed E-state index contributed by atoms with van der Waals surface area (Å²) in [5.41, 5.74) is 5.50. The van der Waals surface area contributed by atoms with Gasteiger partial charge in [0, 0.05) is 35.1 Å². The molecule has 0 radical (unpaired) electrons. The number of hydrogen-bond donors (Lipinski definition) is 2. The molecule has 0 saturated heterocycles. The molecule has 6 heteroatoms. The first-order valence-electron chi connectivity index (χ1n) is 10.5. The number of carbonyl (C=O) groups excluding carboxylic acids is 1. The number of pyridine rings is 1. The van der Waals surface area contributed by atoms with Crippen LogP contribution in [0.1, 0.15) is 60.8 Å². The van der Waals surface area contributed by atoms with E-state index in [1.165, 1.54) is 32.1 Å². The zero-order valence-corrected chi connectivity index (χ0v) is 17.9. The van der Waals surface area contributed by atoms with Gasteiger partial charge in [0.05, 0.1) is 17.0 Å². The Morgan fingerprint density at radius 1 is 1.28 bits per heavy atom. The summed E-state index contributed by atoms with van der Waals surface area (Å²) in [6.07, 6.45) is 9.11. The second kappa shape index (κ2) is 8.91. The van der Waals surface area contributed by atoms with E-state index in [1.54, 1.807) is 11.3 Å². The molecule has 0 atom stereocenters. The van der Waals surface area contributed by atoms with Crippen LogP contribution < -0.4 is 5.32 Å². The Labute approximate surface area is 176 Å². The van der Waals surface area contributed by atoms with Crippen molar-refractivity contribution in [1.82, 2.24) is 20.3 Å². The third-order valence-electron chi connectivity index (χ3n) is 5.74. The largest absolute Gasteiger partial charge is 0.357 e. The summed E-state index contributed by atoms with van der Waals surface area (Å²) in [6, 6.07) is 6.01. The number of aryl methyl sites for hydroxylation is 2. The minimum atomic E-state index is 0.00717. The van der Waals surface area contributed by atoms with Crippen molar-refractivity contribution in [2.24, 2.45) is 5.92 Å². The Kier molecular flexibility index (Phi) is 6.09. The third-order valence-corrected chi connectivity index (χ3v) is 6.63. The molecule has 0 aliphatic heterocycles. The van der Waals surface area contributed by atoms with Crippen molar-refractivity contribution in [3.63, 3.8) is 0 Å². The van der Waals surface area contributed by atoms with Gasteiger partial charge in [0.2, 0.25) is 0 Å². The van der Waals surface area contributed by atoms with Gasteiger partial charge < -0.3 is 10.3 Å². The van der Waals surface area contributed by atoms with Crippen molar-refractivity contribution in [1.29, 1.82) is 0 Å². The number of thiazole rings is 1. The zero-order chi connectivity index (χ0) is 20.2. The van der Waals surface area contributed by atoms with Gasteiger partial charge in [-0.2, -0.15) is 0 Å². The molecule has 1 amide bonds. The first-order chi connectivity index (χ1) is 14.1. The summed E-state index contributed by atoms with van der Waals surface area (Å²) in [5.74, 6) is 0.633. The molecule has 152 valence electrons. The van der Waals surface area contributed by atoms with Gasteiger partial charge in [0.25, 0.3) is 5.91 Å². The normalized spacial score (nSPS) is 14.8. The van der Waals surface area contributed by atoms with E-state index in [1.807, 2.05) is 30.6 Å². The average Bonchev–Trinajstić information content (AvgIpc) is 3.40. The minimum absolute atomic E-state index is 0.00717. The first kappa shape index (κ1) is 19.8. The quantitative estimate of drug-likeness (QED) is 0.575. The molecule has 1 fully saturated rings. The molecule has 29 heavy (non-hydrogen) atoms. The van der Waals surface area contributed by atoms with Gasteiger partial charge in [-0.05, 0) is 50.3 Å². The van der Waals surface area contributed by atoms with Crippen LogP contribution in [0.5, 0.6) is 0 Å². The molecule has 4 rings (SSSR count). The summed E-state index contributed by atoms with van der Waals surface area (Å²) < 4.78 is 0. The number of carbonyl (C=O) groups is 1. The lowest BCUT2D eigenvalue weighted by Crippen LogP contribution is -2.30. The molecule has 2 N–H and O–H groups in total. The molecule has 0 bridgehead atoms. The van der Waals surface area contributed by atoms with Gasteiger partial charge in [-0.3, -0.25) is 9.78 Å². The Morgan fingerprint density at radius 3 is 2.90 bits per heavy atom. The SMILES string of the molecule is CCc1cc(-c2nc(-c3cc(C(=O)NCC4CCCCC4)c(C)[nH]3)cs2)ccn1. The maximum absolute atomic E-state index is 12.7. The van der Waals surface area contributed by atoms with Crippen LogP contribution in [-0.4, -0.2) is 27.4 Å². The molecule has 3 aromatic rings. The summed E-state index contributed by atoms with van der Waals surface area (Å²) >= 11 is 1.61. The van der Waals surface area contributed by atoms with Crippen LogP contribution in [0.4, 0.5) is 0 Å². The molecule has 1 aliphatic rings. The standard InChI is InChI=1S/C23H28N4OS/c1-3-18-11-17(9-10-24-18)23-27-21(14-29-23)20-12-19(15(2)26-20)22(28)25-13-16-7-5-4-6-8-16/h9-12,14,16,26H,3-8,13H2,1-2H3,(H,25,28). The van der Waals surface area contributed by atoms with Gasteiger partial charge in [-0.15, -0.1) is 11.3 Å². The predicted molar refractivity (Wildman–Crippen MR) is 118 cm³/mol. The predicted octanol–water partition coefficient (Wildman–Crippen LogP) is 5.38. The number of rotatable bonds is 6. The van der Waals surface area contributed by atoms with E-state index < -0.39 is 0 Å². The van der Waals surface area contributed by atoms with Crippen molar-refractivity contribution >= 4 is 17.2 Å². The van der Waals surface area contributed by atoms with Crippen molar-refractivity contribution in [2.75, 3.05) is 6.54 Å². The fraction of sp³-hybridized carbons (Fsp3) is 0.435. The zero-order valence-electron chi connectivity index (χ0n) is 17.1. The maximum Gasteiger partial charge on any atom is 0.253 e. The first-order valence-corrected chi connectivity index (χ1v) is 11.4. The number of amides is 1. The van der Waals surface area contributed by atoms with E-state index in [-0.39, 0.29) is 5.91 Å². The average molecular weight is 409 g/mol. The number of H-pyrrole nitrogens is 1. The number of nitrogens with zero attached hydrogens (tertiary/aromatic N) is 2. The lowest BCUT2D eigenvalue weighted by molar-refractivity contribution is 0.0943. The van der Waals surface area contributed by atoms with Gasteiger partial charge >= 0.3 is 0 Å². The number of aromatic nitrogens is 3. The highest BCUT2D eigenvalue weighted by molar-refractivity contribution is 7.13. The molecule has 1 saturated carbocycles. The Balaban J connectivity index is 1.47. The highest BCUT2D eigenvalue weighted by atomic mass is 32.1. The minimum Gasteiger partial charge on any atom is -0.357 e. The topological polar surface area (TPSA) is 70.7 Å². The highest BCUT2D eigenvalue weighted by Crippen LogP contribution is 2.30. The van der Waals surface area contributed by atoms with Gasteiger partial charge in [0.15, 0.2) is 0 Å². The fourth-order valence-electron chi connectivity index (χ4n) is 3.99. The summed E-state index contributed by atoms with van der Waals surface area (Å²) in [7, 11) is 0. The van der Waals surface area contributed by atoms with Gasteiger partial charge in [-0.25, -0.2) is 4.98 Å². The van der Waals surface area contributed by atoms with E-state index in [2.05, 4.69) is 28.3 Å². The fourth-order valence-corrected chi connectivity index (χ4v) is 4.81. The molecular formula is C23H28N4OS. The lowest BCUT2D eigenvalue weighted by atomic mass is 9.89. The smallest absolute Gasteiger partial charge is 0.253 e. The van der Waals surface area contributed by atoms with Crippen molar-refractivity contribution in [3.05, 3.63) is 46.7 Å². The van der Waals surface area contributed by atoms with Crippen molar-refractivity contribution in [3.8, 4) is 22.0 Å². The van der Waals surface area contributed by atoms with Crippen LogP contribution in [0.3, 0.4) is 0 Å². The van der Waals surface area contributed by atoms with E-state index in [0.717, 1.165) is 46.3 Å². The number of nitrogens with one attached hydrogen (secondary N) is 2. The number of hydrogen-bond acceptors (Lipinski definition) is 4. The molecule has 0 spiro atoms. The summed E-state index contributed by atoms with van der Waals surface area (Å²) in [6.45, 7) is 4.83. The second-order valence-corrected chi connectivity index (χ2v) is 8.72. The van der Waals surface area contributed by atoms with Crippen molar-refractivity contribution in [2.45, 2.75) is 52.4 Å². The van der Waals surface area contributed by atoms with E-state index >= 15 is 0 Å². The third kappa shape index (κ3) is 4.58.